The molecule has 0 saturated carbocycles. The van der Waals surface area contributed by atoms with Crippen LogP contribution in [0.25, 0.3) is 0 Å². The fourth-order valence-corrected chi connectivity index (χ4v) is 3.37. The lowest BCUT2D eigenvalue weighted by molar-refractivity contribution is 0.681. The molecule has 0 aliphatic heterocycles. The van der Waals surface area contributed by atoms with Gasteiger partial charge in [0.25, 0.3) is 0 Å². The van der Waals surface area contributed by atoms with Gasteiger partial charge >= 0.3 is 0 Å². The van der Waals surface area contributed by atoms with Crippen molar-refractivity contribution in [1.82, 2.24) is 10.3 Å². The summed E-state index contributed by atoms with van der Waals surface area (Å²) in [6.45, 7) is 4.36. The Labute approximate surface area is 104 Å². The minimum absolute atomic E-state index is 0.240. The van der Waals surface area contributed by atoms with Gasteiger partial charge in [0.2, 0.25) is 0 Å². The molecule has 2 aromatic heterocycles. The van der Waals surface area contributed by atoms with Crippen molar-refractivity contribution in [1.29, 1.82) is 0 Å². The first kappa shape index (κ1) is 11.8. The van der Waals surface area contributed by atoms with E-state index in [1.54, 1.807) is 22.7 Å². The van der Waals surface area contributed by atoms with Crippen molar-refractivity contribution < 1.29 is 0 Å². The van der Waals surface area contributed by atoms with Crippen molar-refractivity contribution >= 4 is 22.7 Å². The van der Waals surface area contributed by atoms with Crippen LogP contribution in [0.2, 0.25) is 0 Å². The first-order valence-electron chi connectivity index (χ1n) is 5.37. The molecule has 2 heterocycles. The quantitative estimate of drug-likeness (QED) is 0.898. The first-order valence-corrected chi connectivity index (χ1v) is 7.19. The molecule has 0 bridgehead atoms. The topological polar surface area (TPSA) is 24.9 Å². The number of nitrogens with one attached hydrogen (secondary N) is 1. The minimum Gasteiger partial charge on any atom is -0.307 e. The molecule has 0 amide bonds. The molecule has 1 unspecified atom stereocenters. The summed E-state index contributed by atoms with van der Waals surface area (Å²) in [5.41, 5.74) is 2.49. The molecule has 0 aliphatic carbocycles. The highest BCUT2D eigenvalue weighted by Crippen LogP contribution is 2.28. The van der Waals surface area contributed by atoms with E-state index in [4.69, 9.17) is 4.98 Å². The van der Waals surface area contributed by atoms with E-state index in [0.29, 0.717) is 5.92 Å². The Kier molecular flexibility index (Phi) is 3.74. The van der Waals surface area contributed by atoms with Crippen LogP contribution in [0.5, 0.6) is 0 Å². The van der Waals surface area contributed by atoms with Crippen LogP contribution in [0, 0.1) is 0 Å². The Balaban J connectivity index is 2.27. The Morgan fingerprint density at radius 2 is 2.12 bits per heavy atom. The summed E-state index contributed by atoms with van der Waals surface area (Å²) >= 11 is 3.47. The molecule has 0 fully saturated rings. The summed E-state index contributed by atoms with van der Waals surface area (Å²) < 4.78 is 0. The van der Waals surface area contributed by atoms with Crippen molar-refractivity contribution in [3.8, 4) is 0 Å². The van der Waals surface area contributed by atoms with Crippen LogP contribution in [0.4, 0.5) is 0 Å². The van der Waals surface area contributed by atoms with Gasteiger partial charge < -0.3 is 5.32 Å². The third-order valence-corrected chi connectivity index (χ3v) is 4.17. The Morgan fingerprint density at radius 3 is 2.62 bits per heavy atom. The van der Waals surface area contributed by atoms with E-state index < -0.39 is 0 Å². The molecule has 4 heteroatoms. The fraction of sp³-hybridized carbons (Fsp3) is 0.417. The van der Waals surface area contributed by atoms with Crippen molar-refractivity contribution in [2.24, 2.45) is 0 Å². The van der Waals surface area contributed by atoms with Crippen LogP contribution in [-0.2, 0) is 0 Å². The maximum absolute atomic E-state index is 4.70. The monoisotopic (exact) mass is 252 g/mol. The highest BCUT2D eigenvalue weighted by molar-refractivity contribution is 7.10. The molecule has 2 aromatic rings. The van der Waals surface area contributed by atoms with Gasteiger partial charge in [0, 0.05) is 5.38 Å². The fourth-order valence-electron chi connectivity index (χ4n) is 1.57. The van der Waals surface area contributed by atoms with Gasteiger partial charge in [-0.2, -0.15) is 11.3 Å². The largest absolute Gasteiger partial charge is 0.307 e. The number of thiazole rings is 1. The molecular formula is C12H16N2S2. The average molecular weight is 252 g/mol. The molecule has 0 saturated heterocycles. The highest BCUT2D eigenvalue weighted by Gasteiger charge is 2.16. The van der Waals surface area contributed by atoms with Crippen LogP contribution in [0.15, 0.2) is 22.2 Å². The zero-order valence-electron chi connectivity index (χ0n) is 9.73. The predicted molar refractivity (Wildman–Crippen MR) is 71.4 cm³/mol. The van der Waals surface area contributed by atoms with Gasteiger partial charge in [-0.3, -0.25) is 0 Å². The van der Waals surface area contributed by atoms with Crippen molar-refractivity contribution in [3.05, 3.63) is 38.5 Å². The summed E-state index contributed by atoms with van der Waals surface area (Å²) in [5.74, 6) is 0.505. The van der Waals surface area contributed by atoms with Gasteiger partial charge in [-0.15, -0.1) is 11.3 Å². The summed E-state index contributed by atoms with van der Waals surface area (Å²) in [7, 11) is 1.98. The number of nitrogens with zero attached hydrogens (tertiary/aromatic N) is 1. The molecule has 0 spiro atoms. The van der Waals surface area contributed by atoms with E-state index in [1.165, 1.54) is 11.3 Å². The van der Waals surface area contributed by atoms with Gasteiger partial charge in [0.05, 0.1) is 11.7 Å². The number of hydrogen-bond donors (Lipinski definition) is 1. The lowest BCUT2D eigenvalue weighted by Crippen LogP contribution is -2.16. The lowest BCUT2D eigenvalue weighted by atomic mass is 10.1. The van der Waals surface area contributed by atoms with Crippen molar-refractivity contribution in [3.63, 3.8) is 0 Å². The first-order chi connectivity index (χ1) is 7.72. The van der Waals surface area contributed by atoms with Gasteiger partial charge in [0.1, 0.15) is 5.01 Å². The van der Waals surface area contributed by atoms with Crippen LogP contribution < -0.4 is 5.32 Å². The highest BCUT2D eigenvalue weighted by atomic mass is 32.1. The van der Waals surface area contributed by atoms with Crippen LogP contribution in [0.1, 0.15) is 42.1 Å². The predicted octanol–water partition coefficient (Wildman–Crippen LogP) is 3.64. The third kappa shape index (κ3) is 2.34. The Hall–Kier alpha value is -0.710. The molecule has 16 heavy (non-hydrogen) atoms. The van der Waals surface area contributed by atoms with Crippen LogP contribution >= 0.6 is 22.7 Å². The molecule has 0 radical (unpaired) electrons. The second-order valence-corrected chi connectivity index (χ2v) is 5.71. The number of aromatic nitrogens is 1. The second kappa shape index (κ2) is 5.08. The number of thiophene rings is 1. The van der Waals surface area contributed by atoms with E-state index in [1.807, 2.05) is 7.05 Å². The number of rotatable bonds is 4. The normalized spacial score (nSPS) is 13.2. The van der Waals surface area contributed by atoms with Gasteiger partial charge in [0.15, 0.2) is 0 Å². The third-order valence-electron chi connectivity index (χ3n) is 2.54. The summed E-state index contributed by atoms with van der Waals surface area (Å²) in [5, 5.41) is 10.9. The smallest absolute Gasteiger partial charge is 0.114 e. The summed E-state index contributed by atoms with van der Waals surface area (Å²) in [6, 6.07) is 2.39. The number of hydrogen-bond acceptors (Lipinski definition) is 4. The Bertz CT molecular complexity index is 432. The lowest BCUT2D eigenvalue weighted by Gasteiger charge is -2.11. The SMILES string of the molecule is CNC(c1ccsc1)c1nc(C(C)C)cs1. The maximum atomic E-state index is 4.70. The van der Waals surface area contributed by atoms with Gasteiger partial charge in [-0.25, -0.2) is 4.98 Å². The standard InChI is InChI=1S/C12H16N2S2/c1-8(2)10-7-16-12(14-10)11(13-3)9-4-5-15-6-9/h4-8,11,13H,1-3H3. The molecule has 0 aliphatic rings. The van der Waals surface area contributed by atoms with Crippen LogP contribution in [-0.4, -0.2) is 12.0 Å². The van der Waals surface area contributed by atoms with E-state index in [-0.39, 0.29) is 6.04 Å². The molecule has 86 valence electrons. The molecule has 1 atom stereocenters. The van der Waals surface area contributed by atoms with E-state index in [0.717, 1.165) is 5.01 Å². The summed E-state index contributed by atoms with van der Waals surface area (Å²) in [6.07, 6.45) is 0. The van der Waals surface area contributed by atoms with Gasteiger partial charge in [-0.05, 0) is 35.4 Å². The maximum Gasteiger partial charge on any atom is 0.114 e. The summed E-state index contributed by atoms with van der Waals surface area (Å²) in [4.78, 5) is 4.70. The van der Waals surface area contributed by atoms with Crippen molar-refractivity contribution in [2.45, 2.75) is 25.8 Å². The van der Waals surface area contributed by atoms with Crippen molar-refractivity contribution in [2.75, 3.05) is 7.05 Å². The van der Waals surface area contributed by atoms with E-state index >= 15 is 0 Å². The zero-order chi connectivity index (χ0) is 11.5. The molecule has 2 rings (SSSR count). The average Bonchev–Trinajstić information content (AvgIpc) is 2.88. The molecular weight excluding hydrogens is 236 g/mol. The molecule has 2 nitrogen and oxygen atoms in total. The van der Waals surface area contributed by atoms with Gasteiger partial charge in [-0.1, -0.05) is 13.8 Å². The molecule has 1 N–H and O–H groups in total. The van der Waals surface area contributed by atoms with Crippen LogP contribution in [0.3, 0.4) is 0 Å². The zero-order valence-corrected chi connectivity index (χ0v) is 11.4. The minimum atomic E-state index is 0.240. The van der Waals surface area contributed by atoms with E-state index in [9.17, 15) is 0 Å². The van der Waals surface area contributed by atoms with E-state index in [2.05, 4.69) is 41.4 Å². The Morgan fingerprint density at radius 1 is 1.31 bits per heavy atom. The molecule has 0 aromatic carbocycles. The second-order valence-electron chi connectivity index (χ2n) is 4.04.